The van der Waals surface area contributed by atoms with E-state index in [0.717, 1.165) is 12.2 Å². The smallest absolute Gasteiger partial charge is 0.127 e. The van der Waals surface area contributed by atoms with Crippen LogP contribution in [0.2, 0.25) is 0 Å². The molecule has 0 aliphatic rings. The molecule has 1 heteroatoms. The molecule has 0 aliphatic heterocycles. The van der Waals surface area contributed by atoms with E-state index in [2.05, 4.69) is 80.6 Å². The molecule has 0 unspecified atom stereocenters. The molecule has 3 aromatic carbocycles. The molecule has 0 saturated heterocycles. The van der Waals surface area contributed by atoms with Gasteiger partial charge < -0.3 is 4.74 Å². The molecular formula is C24H28O. The summed E-state index contributed by atoms with van der Waals surface area (Å²) in [6.07, 6.45) is 6.52. The Kier molecular flexibility index (Phi) is 6.11. The highest BCUT2D eigenvalue weighted by Gasteiger charge is 2.11. The maximum absolute atomic E-state index is 6.30. The first-order chi connectivity index (χ1) is 12.3. The molecule has 3 aromatic rings. The number of fused-ring (bicyclic) bond motifs is 1. The van der Waals surface area contributed by atoms with E-state index in [4.69, 9.17) is 4.74 Å². The minimum absolute atomic E-state index is 0.253. The first-order valence-electron chi connectivity index (χ1n) is 9.53. The van der Waals surface area contributed by atoms with Gasteiger partial charge in [0.2, 0.25) is 0 Å². The van der Waals surface area contributed by atoms with Gasteiger partial charge in [0, 0.05) is 5.39 Å². The third kappa shape index (κ3) is 4.42. The standard InChI is InChI=1S/C24H28O/c1-3-4-5-7-12-19(2)25-24-18-17-21(20-13-8-6-9-14-20)22-15-10-11-16-23(22)24/h6,8-11,13-19H,3-5,7,12H2,1-2H3/t19-/m1/s1. The van der Waals surface area contributed by atoms with E-state index in [0.29, 0.717) is 0 Å². The van der Waals surface area contributed by atoms with Crippen molar-refractivity contribution in [3.8, 4) is 16.9 Å². The van der Waals surface area contributed by atoms with E-state index in [1.165, 1.54) is 47.6 Å². The maximum atomic E-state index is 6.30. The molecule has 0 amide bonds. The zero-order valence-electron chi connectivity index (χ0n) is 15.4. The molecule has 3 rings (SSSR count). The van der Waals surface area contributed by atoms with Gasteiger partial charge in [-0.15, -0.1) is 0 Å². The summed E-state index contributed by atoms with van der Waals surface area (Å²) in [5.74, 6) is 0.998. The Balaban J connectivity index is 1.83. The van der Waals surface area contributed by atoms with Crippen LogP contribution in [0.4, 0.5) is 0 Å². The maximum Gasteiger partial charge on any atom is 0.127 e. The lowest BCUT2D eigenvalue weighted by molar-refractivity contribution is 0.209. The largest absolute Gasteiger partial charge is 0.490 e. The number of rotatable bonds is 8. The van der Waals surface area contributed by atoms with Crippen LogP contribution in [0.3, 0.4) is 0 Å². The molecule has 1 nitrogen and oxygen atoms in total. The second kappa shape index (κ2) is 8.71. The fraction of sp³-hybridized carbons (Fsp3) is 0.333. The zero-order valence-corrected chi connectivity index (χ0v) is 15.4. The van der Waals surface area contributed by atoms with Crippen molar-refractivity contribution in [3.05, 3.63) is 66.7 Å². The van der Waals surface area contributed by atoms with Crippen molar-refractivity contribution in [1.82, 2.24) is 0 Å². The Bertz CT molecular complexity index is 792. The van der Waals surface area contributed by atoms with Crippen LogP contribution in [0.5, 0.6) is 5.75 Å². The van der Waals surface area contributed by atoms with Gasteiger partial charge in [0.1, 0.15) is 5.75 Å². The predicted molar refractivity (Wildman–Crippen MR) is 108 cm³/mol. The summed E-state index contributed by atoms with van der Waals surface area (Å²) in [6, 6.07) is 23.4. The van der Waals surface area contributed by atoms with Crippen molar-refractivity contribution >= 4 is 10.8 Å². The number of hydrogen-bond acceptors (Lipinski definition) is 1. The Morgan fingerprint density at radius 1 is 0.760 bits per heavy atom. The Hall–Kier alpha value is -2.28. The molecule has 130 valence electrons. The van der Waals surface area contributed by atoms with E-state index >= 15 is 0 Å². The minimum atomic E-state index is 0.253. The van der Waals surface area contributed by atoms with Gasteiger partial charge in [0.25, 0.3) is 0 Å². The van der Waals surface area contributed by atoms with Gasteiger partial charge in [0.05, 0.1) is 6.10 Å². The number of benzene rings is 3. The fourth-order valence-corrected chi connectivity index (χ4v) is 3.38. The van der Waals surface area contributed by atoms with E-state index in [1.54, 1.807) is 0 Å². The number of hydrogen-bond donors (Lipinski definition) is 0. The zero-order chi connectivity index (χ0) is 17.5. The third-order valence-corrected chi connectivity index (χ3v) is 4.76. The van der Waals surface area contributed by atoms with Crippen LogP contribution in [0, 0.1) is 0 Å². The Morgan fingerprint density at radius 2 is 1.48 bits per heavy atom. The van der Waals surface area contributed by atoms with Crippen molar-refractivity contribution in [1.29, 1.82) is 0 Å². The first-order valence-corrected chi connectivity index (χ1v) is 9.53. The normalized spacial score (nSPS) is 12.2. The molecular weight excluding hydrogens is 304 g/mol. The molecule has 0 heterocycles. The Morgan fingerprint density at radius 3 is 2.24 bits per heavy atom. The van der Waals surface area contributed by atoms with Crippen LogP contribution >= 0.6 is 0 Å². The molecule has 0 aliphatic carbocycles. The van der Waals surface area contributed by atoms with Gasteiger partial charge in [-0.05, 0) is 42.3 Å². The average molecular weight is 332 g/mol. The molecule has 0 spiro atoms. The molecule has 0 saturated carbocycles. The highest BCUT2D eigenvalue weighted by molar-refractivity contribution is 6.00. The topological polar surface area (TPSA) is 9.23 Å². The molecule has 0 radical (unpaired) electrons. The number of ether oxygens (including phenoxy) is 1. The van der Waals surface area contributed by atoms with Crippen LogP contribution in [0.25, 0.3) is 21.9 Å². The van der Waals surface area contributed by atoms with Crippen molar-refractivity contribution in [2.75, 3.05) is 0 Å². The fourth-order valence-electron chi connectivity index (χ4n) is 3.38. The van der Waals surface area contributed by atoms with Crippen LogP contribution in [0.1, 0.15) is 46.0 Å². The van der Waals surface area contributed by atoms with E-state index < -0.39 is 0 Å². The average Bonchev–Trinajstić information content (AvgIpc) is 2.66. The Labute approximate surface area is 151 Å². The van der Waals surface area contributed by atoms with E-state index in [-0.39, 0.29) is 6.10 Å². The molecule has 1 atom stereocenters. The highest BCUT2D eigenvalue weighted by atomic mass is 16.5. The van der Waals surface area contributed by atoms with Gasteiger partial charge in [0.15, 0.2) is 0 Å². The molecule has 0 N–H and O–H groups in total. The summed E-state index contributed by atoms with van der Waals surface area (Å²) < 4.78 is 6.30. The quantitative estimate of drug-likeness (QED) is 0.395. The lowest BCUT2D eigenvalue weighted by Gasteiger charge is -2.18. The molecule has 0 aromatic heterocycles. The second-order valence-electron chi connectivity index (χ2n) is 6.80. The van der Waals surface area contributed by atoms with Gasteiger partial charge in [-0.3, -0.25) is 0 Å². The SMILES string of the molecule is CCCCCC[C@@H](C)Oc1ccc(-c2ccccc2)c2ccccc12. The predicted octanol–water partition coefficient (Wildman–Crippen LogP) is 7.24. The third-order valence-electron chi connectivity index (χ3n) is 4.76. The van der Waals surface area contributed by atoms with Crippen molar-refractivity contribution in [2.45, 2.75) is 52.1 Å². The molecule has 0 fully saturated rings. The molecule has 25 heavy (non-hydrogen) atoms. The van der Waals surface area contributed by atoms with Crippen LogP contribution in [0.15, 0.2) is 66.7 Å². The first kappa shape index (κ1) is 17.5. The van der Waals surface area contributed by atoms with Crippen molar-refractivity contribution in [2.24, 2.45) is 0 Å². The summed E-state index contributed by atoms with van der Waals surface area (Å²) >= 11 is 0. The summed E-state index contributed by atoms with van der Waals surface area (Å²) in [6.45, 7) is 4.44. The van der Waals surface area contributed by atoms with E-state index in [9.17, 15) is 0 Å². The summed E-state index contributed by atoms with van der Waals surface area (Å²) in [7, 11) is 0. The van der Waals surface area contributed by atoms with Gasteiger partial charge >= 0.3 is 0 Å². The van der Waals surface area contributed by atoms with Gasteiger partial charge in [-0.2, -0.15) is 0 Å². The highest BCUT2D eigenvalue weighted by Crippen LogP contribution is 2.35. The summed E-state index contributed by atoms with van der Waals surface area (Å²) in [5.41, 5.74) is 2.51. The van der Waals surface area contributed by atoms with Crippen LogP contribution in [-0.2, 0) is 0 Å². The van der Waals surface area contributed by atoms with Gasteiger partial charge in [-0.1, -0.05) is 86.8 Å². The number of unbranched alkanes of at least 4 members (excludes halogenated alkanes) is 3. The van der Waals surface area contributed by atoms with Crippen LogP contribution in [-0.4, -0.2) is 6.10 Å². The summed E-state index contributed by atoms with van der Waals surface area (Å²) in [5, 5.41) is 2.45. The van der Waals surface area contributed by atoms with Crippen LogP contribution < -0.4 is 4.74 Å². The molecule has 0 bridgehead atoms. The minimum Gasteiger partial charge on any atom is -0.490 e. The monoisotopic (exact) mass is 332 g/mol. The second-order valence-corrected chi connectivity index (χ2v) is 6.80. The lowest BCUT2D eigenvalue weighted by atomic mass is 9.97. The van der Waals surface area contributed by atoms with Gasteiger partial charge in [-0.25, -0.2) is 0 Å². The van der Waals surface area contributed by atoms with E-state index in [1.807, 2.05) is 0 Å². The lowest BCUT2D eigenvalue weighted by Crippen LogP contribution is -2.11. The summed E-state index contributed by atoms with van der Waals surface area (Å²) in [4.78, 5) is 0. The van der Waals surface area contributed by atoms with Crippen molar-refractivity contribution in [3.63, 3.8) is 0 Å². The van der Waals surface area contributed by atoms with Crippen molar-refractivity contribution < 1.29 is 4.74 Å².